The van der Waals surface area contributed by atoms with Gasteiger partial charge in [0, 0.05) is 42.1 Å². The van der Waals surface area contributed by atoms with Gasteiger partial charge in [0.2, 0.25) is 0 Å². The number of carbonyl (C=O) groups excluding carboxylic acids is 2. The van der Waals surface area contributed by atoms with Crippen molar-refractivity contribution in [3.63, 3.8) is 0 Å². The van der Waals surface area contributed by atoms with Crippen molar-refractivity contribution < 1.29 is 14.0 Å². The molecule has 1 N–H and O–H groups in total. The number of halogens is 2. The number of amides is 2. The van der Waals surface area contributed by atoms with Gasteiger partial charge in [-0.1, -0.05) is 29.8 Å². The van der Waals surface area contributed by atoms with Gasteiger partial charge in [-0.05, 0) is 60.4 Å². The molecule has 1 aliphatic heterocycles. The fourth-order valence-electron chi connectivity index (χ4n) is 3.84. The topological polar surface area (TPSA) is 62.3 Å². The Morgan fingerprint density at radius 3 is 2.77 bits per heavy atom. The quantitative estimate of drug-likeness (QED) is 0.661. The van der Waals surface area contributed by atoms with Crippen molar-refractivity contribution in [2.75, 3.05) is 6.54 Å². The van der Waals surface area contributed by atoms with E-state index >= 15 is 0 Å². The van der Waals surface area contributed by atoms with Crippen LogP contribution in [-0.2, 0) is 19.5 Å². The van der Waals surface area contributed by atoms with Crippen LogP contribution in [-0.4, -0.2) is 28.2 Å². The summed E-state index contributed by atoms with van der Waals surface area (Å²) in [7, 11) is 0. The number of hydrogen-bond acceptors (Lipinski definition) is 3. The van der Waals surface area contributed by atoms with Crippen molar-refractivity contribution in [2.24, 2.45) is 0 Å². The normalized spacial score (nSPS) is 12.9. The molecule has 0 saturated heterocycles. The SMILES string of the molecule is Cc1ncc2c(c1CNC(=O)c1ccccc1F)CCN(C(=O)c1cccc(Cl)c1)C2. The number of aromatic nitrogens is 1. The van der Waals surface area contributed by atoms with Crippen LogP contribution in [0.2, 0.25) is 5.02 Å². The summed E-state index contributed by atoms with van der Waals surface area (Å²) < 4.78 is 13.9. The molecule has 7 heteroatoms. The van der Waals surface area contributed by atoms with Crippen LogP contribution in [0.5, 0.6) is 0 Å². The van der Waals surface area contributed by atoms with E-state index in [0.29, 0.717) is 30.1 Å². The first-order valence-electron chi connectivity index (χ1n) is 9.98. The summed E-state index contributed by atoms with van der Waals surface area (Å²) in [5, 5.41) is 3.32. The molecule has 4 rings (SSSR count). The van der Waals surface area contributed by atoms with E-state index in [4.69, 9.17) is 11.6 Å². The lowest BCUT2D eigenvalue weighted by Gasteiger charge is -2.30. The highest BCUT2D eigenvalue weighted by Gasteiger charge is 2.25. The Bertz CT molecular complexity index is 1170. The molecule has 2 heterocycles. The highest BCUT2D eigenvalue weighted by Crippen LogP contribution is 2.25. The summed E-state index contributed by atoms with van der Waals surface area (Å²) in [6, 6.07) is 12.8. The lowest BCUT2D eigenvalue weighted by atomic mass is 9.94. The third-order valence-electron chi connectivity index (χ3n) is 5.50. The molecular weight excluding hydrogens is 417 g/mol. The van der Waals surface area contributed by atoms with E-state index in [9.17, 15) is 14.0 Å². The maximum atomic E-state index is 13.9. The van der Waals surface area contributed by atoms with Gasteiger partial charge in [0.05, 0.1) is 5.56 Å². The molecule has 0 bridgehead atoms. The van der Waals surface area contributed by atoms with Crippen LogP contribution in [0.4, 0.5) is 4.39 Å². The molecule has 0 saturated carbocycles. The first kappa shape index (κ1) is 21.0. The van der Waals surface area contributed by atoms with E-state index in [1.807, 2.05) is 6.92 Å². The zero-order valence-electron chi connectivity index (χ0n) is 17.0. The molecule has 5 nitrogen and oxygen atoms in total. The molecule has 0 unspecified atom stereocenters. The van der Waals surface area contributed by atoms with Crippen molar-refractivity contribution >= 4 is 23.4 Å². The summed E-state index contributed by atoms with van der Waals surface area (Å²) >= 11 is 6.02. The molecule has 0 radical (unpaired) electrons. The number of carbonyl (C=O) groups is 2. The van der Waals surface area contributed by atoms with Crippen LogP contribution < -0.4 is 5.32 Å². The maximum absolute atomic E-state index is 13.9. The van der Waals surface area contributed by atoms with Crippen LogP contribution in [0.25, 0.3) is 0 Å². The number of pyridine rings is 1. The van der Waals surface area contributed by atoms with Crippen molar-refractivity contribution in [2.45, 2.75) is 26.4 Å². The molecule has 0 fully saturated rings. The zero-order chi connectivity index (χ0) is 22.0. The van der Waals surface area contributed by atoms with Crippen molar-refractivity contribution in [3.05, 3.63) is 99.1 Å². The van der Waals surface area contributed by atoms with Crippen LogP contribution in [0.1, 0.15) is 43.1 Å². The number of benzene rings is 2. The third kappa shape index (κ3) is 4.44. The van der Waals surface area contributed by atoms with Crippen LogP contribution in [0.15, 0.2) is 54.7 Å². The Morgan fingerprint density at radius 1 is 1.19 bits per heavy atom. The van der Waals surface area contributed by atoms with Crippen LogP contribution in [0.3, 0.4) is 0 Å². The number of aryl methyl sites for hydroxylation is 1. The first-order chi connectivity index (χ1) is 14.9. The smallest absolute Gasteiger partial charge is 0.254 e. The molecule has 2 aromatic carbocycles. The monoisotopic (exact) mass is 437 g/mol. The average Bonchev–Trinajstić information content (AvgIpc) is 2.77. The molecule has 2 amide bonds. The minimum absolute atomic E-state index is 0.0104. The van der Waals surface area contributed by atoms with Crippen LogP contribution >= 0.6 is 11.6 Å². The van der Waals surface area contributed by atoms with Gasteiger partial charge in [0.1, 0.15) is 5.82 Å². The summed E-state index contributed by atoms with van der Waals surface area (Å²) in [4.78, 5) is 31.5. The molecule has 1 aromatic heterocycles. The van der Waals surface area contributed by atoms with Crippen molar-refractivity contribution in [3.8, 4) is 0 Å². The van der Waals surface area contributed by atoms with Gasteiger partial charge < -0.3 is 10.2 Å². The second kappa shape index (κ2) is 8.86. The number of fused-ring (bicyclic) bond motifs is 1. The van der Waals surface area contributed by atoms with E-state index in [0.717, 1.165) is 22.4 Å². The summed E-state index contributed by atoms with van der Waals surface area (Å²) in [5.41, 5.74) is 4.31. The number of hydrogen-bond donors (Lipinski definition) is 1. The summed E-state index contributed by atoms with van der Waals surface area (Å²) in [6.45, 7) is 3.12. The maximum Gasteiger partial charge on any atom is 0.254 e. The second-order valence-corrected chi connectivity index (χ2v) is 7.91. The minimum atomic E-state index is -0.555. The van der Waals surface area contributed by atoms with E-state index in [2.05, 4.69) is 10.3 Å². The molecular formula is C24H21ClFN3O2. The number of nitrogens with one attached hydrogen (secondary N) is 1. The Hall–Kier alpha value is -3.25. The van der Waals surface area contributed by atoms with E-state index in [1.54, 1.807) is 47.5 Å². The fourth-order valence-corrected chi connectivity index (χ4v) is 4.03. The van der Waals surface area contributed by atoms with Gasteiger partial charge in [-0.25, -0.2) is 4.39 Å². The standard InChI is InChI=1S/C24H21ClFN3O2/c1-15-21(13-28-23(30)20-7-2-3-8-22(20)26)19-9-10-29(14-17(19)12-27-15)24(31)16-5-4-6-18(25)11-16/h2-8,11-12H,9-10,13-14H2,1H3,(H,28,30). The van der Waals surface area contributed by atoms with Crippen LogP contribution in [0, 0.1) is 12.7 Å². The molecule has 158 valence electrons. The number of rotatable bonds is 4. The van der Waals surface area contributed by atoms with Gasteiger partial charge in [-0.3, -0.25) is 14.6 Å². The van der Waals surface area contributed by atoms with Crippen molar-refractivity contribution in [1.82, 2.24) is 15.2 Å². The third-order valence-corrected chi connectivity index (χ3v) is 5.73. The second-order valence-electron chi connectivity index (χ2n) is 7.48. The van der Waals surface area contributed by atoms with E-state index in [-0.39, 0.29) is 18.0 Å². The zero-order valence-corrected chi connectivity index (χ0v) is 17.7. The Labute approximate surface area is 184 Å². The van der Waals surface area contributed by atoms with Crippen molar-refractivity contribution in [1.29, 1.82) is 0 Å². The predicted octanol–water partition coefficient (Wildman–Crippen LogP) is 4.31. The largest absolute Gasteiger partial charge is 0.348 e. The lowest BCUT2D eigenvalue weighted by Crippen LogP contribution is -2.37. The molecule has 0 atom stereocenters. The minimum Gasteiger partial charge on any atom is -0.348 e. The van der Waals surface area contributed by atoms with E-state index in [1.165, 1.54) is 12.1 Å². The Balaban J connectivity index is 1.51. The van der Waals surface area contributed by atoms with Gasteiger partial charge >= 0.3 is 0 Å². The highest BCUT2D eigenvalue weighted by atomic mass is 35.5. The fraction of sp³-hybridized carbons (Fsp3) is 0.208. The Morgan fingerprint density at radius 2 is 2.00 bits per heavy atom. The molecule has 31 heavy (non-hydrogen) atoms. The molecule has 3 aromatic rings. The Kier molecular flexibility index (Phi) is 6.00. The summed E-state index contributed by atoms with van der Waals surface area (Å²) in [6.07, 6.45) is 2.43. The van der Waals surface area contributed by atoms with Gasteiger partial charge in [-0.15, -0.1) is 0 Å². The lowest BCUT2D eigenvalue weighted by molar-refractivity contribution is 0.0734. The molecule has 0 aliphatic carbocycles. The predicted molar refractivity (Wildman–Crippen MR) is 116 cm³/mol. The first-order valence-corrected chi connectivity index (χ1v) is 10.4. The van der Waals surface area contributed by atoms with Gasteiger partial charge in [-0.2, -0.15) is 0 Å². The average molecular weight is 438 g/mol. The van der Waals surface area contributed by atoms with Gasteiger partial charge in [0.15, 0.2) is 0 Å². The van der Waals surface area contributed by atoms with Gasteiger partial charge in [0.25, 0.3) is 11.8 Å². The molecule has 0 spiro atoms. The number of nitrogens with zero attached hydrogens (tertiary/aromatic N) is 2. The highest BCUT2D eigenvalue weighted by molar-refractivity contribution is 6.30. The molecule has 1 aliphatic rings. The van der Waals surface area contributed by atoms with E-state index < -0.39 is 11.7 Å². The summed E-state index contributed by atoms with van der Waals surface area (Å²) in [5.74, 6) is -1.10.